The highest BCUT2D eigenvalue weighted by Crippen LogP contribution is 2.30. The molecule has 0 amide bonds. The first-order valence-corrected chi connectivity index (χ1v) is 12.4. The monoisotopic (exact) mass is 505 g/mol. The van der Waals surface area contributed by atoms with Crippen LogP contribution in [-0.2, 0) is 10.0 Å². The van der Waals surface area contributed by atoms with Crippen LogP contribution in [0, 0.1) is 5.82 Å². The molecule has 2 N–H and O–H groups in total. The number of H-pyrrole nitrogens is 1. The SMILES string of the molecule is CCCS(=O)(=O)Nc1cc(Cl)cc(C(=O)c2c[nH]c3ncc(-c4ccc(Cl)cc4)cc23)c1F. The Balaban J connectivity index is 1.77. The summed E-state index contributed by atoms with van der Waals surface area (Å²) in [4.78, 5) is 20.6. The summed E-state index contributed by atoms with van der Waals surface area (Å²) < 4.78 is 41.6. The third-order valence-corrected chi connectivity index (χ3v) is 6.92. The number of nitrogens with one attached hydrogen (secondary N) is 2. The second-order valence-electron chi connectivity index (χ2n) is 7.39. The number of hydrogen-bond acceptors (Lipinski definition) is 4. The van der Waals surface area contributed by atoms with E-state index in [1.54, 1.807) is 31.3 Å². The van der Waals surface area contributed by atoms with E-state index in [4.69, 9.17) is 23.2 Å². The van der Waals surface area contributed by atoms with E-state index in [2.05, 4.69) is 14.7 Å². The quantitative estimate of drug-likeness (QED) is 0.298. The fourth-order valence-electron chi connectivity index (χ4n) is 3.45. The van der Waals surface area contributed by atoms with Crippen molar-refractivity contribution in [2.24, 2.45) is 0 Å². The van der Waals surface area contributed by atoms with Gasteiger partial charge >= 0.3 is 0 Å². The molecule has 0 aliphatic heterocycles. The first-order chi connectivity index (χ1) is 15.7. The summed E-state index contributed by atoms with van der Waals surface area (Å²) in [5.74, 6) is -1.85. The van der Waals surface area contributed by atoms with Gasteiger partial charge in [0.25, 0.3) is 0 Å². The molecule has 0 atom stereocenters. The molecule has 0 aliphatic rings. The minimum atomic E-state index is -3.78. The number of anilines is 1. The van der Waals surface area contributed by atoms with Crippen molar-refractivity contribution in [3.63, 3.8) is 0 Å². The van der Waals surface area contributed by atoms with Gasteiger partial charge in [-0.3, -0.25) is 9.52 Å². The Morgan fingerprint density at radius 1 is 1.06 bits per heavy atom. The Labute approximate surface area is 199 Å². The molecule has 170 valence electrons. The Hall–Kier alpha value is -2.94. The number of halogens is 3. The predicted molar refractivity (Wildman–Crippen MR) is 129 cm³/mol. The van der Waals surface area contributed by atoms with Crippen LogP contribution in [0.15, 0.2) is 54.9 Å². The van der Waals surface area contributed by atoms with Gasteiger partial charge in [0.15, 0.2) is 11.6 Å². The first-order valence-electron chi connectivity index (χ1n) is 9.96. The predicted octanol–water partition coefficient (Wildman–Crippen LogP) is 6.06. The van der Waals surface area contributed by atoms with Gasteiger partial charge in [0, 0.05) is 39.0 Å². The molecular weight excluding hydrogens is 488 g/mol. The zero-order valence-corrected chi connectivity index (χ0v) is 19.7. The molecule has 2 heterocycles. The molecule has 0 bridgehead atoms. The maximum Gasteiger partial charge on any atom is 0.232 e. The maximum atomic E-state index is 15.2. The van der Waals surface area contributed by atoms with E-state index in [9.17, 15) is 13.2 Å². The van der Waals surface area contributed by atoms with Crippen LogP contribution in [0.2, 0.25) is 10.0 Å². The van der Waals surface area contributed by atoms with E-state index in [1.807, 2.05) is 12.1 Å². The molecule has 0 fully saturated rings. The van der Waals surface area contributed by atoms with Gasteiger partial charge in [0.05, 0.1) is 17.0 Å². The lowest BCUT2D eigenvalue weighted by Crippen LogP contribution is -2.18. The third kappa shape index (κ3) is 4.88. The van der Waals surface area contributed by atoms with Gasteiger partial charge in [0.1, 0.15) is 5.65 Å². The van der Waals surface area contributed by atoms with Gasteiger partial charge in [-0.2, -0.15) is 0 Å². The summed E-state index contributed by atoms with van der Waals surface area (Å²) >= 11 is 12.0. The van der Waals surface area contributed by atoms with Gasteiger partial charge in [-0.15, -0.1) is 0 Å². The zero-order valence-electron chi connectivity index (χ0n) is 17.3. The summed E-state index contributed by atoms with van der Waals surface area (Å²) in [6, 6.07) is 11.2. The highest BCUT2D eigenvalue weighted by atomic mass is 35.5. The highest BCUT2D eigenvalue weighted by molar-refractivity contribution is 7.92. The molecule has 0 saturated heterocycles. The minimum Gasteiger partial charge on any atom is -0.345 e. The van der Waals surface area contributed by atoms with Crippen molar-refractivity contribution in [2.45, 2.75) is 13.3 Å². The van der Waals surface area contributed by atoms with Gasteiger partial charge in [-0.25, -0.2) is 17.8 Å². The molecule has 2 aromatic carbocycles. The topological polar surface area (TPSA) is 91.9 Å². The van der Waals surface area contributed by atoms with Gasteiger partial charge in [0.2, 0.25) is 10.0 Å². The van der Waals surface area contributed by atoms with Crippen LogP contribution < -0.4 is 4.72 Å². The lowest BCUT2D eigenvalue weighted by molar-refractivity contribution is 0.103. The van der Waals surface area contributed by atoms with E-state index < -0.39 is 21.6 Å². The average molecular weight is 506 g/mol. The molecule has 0 radical (unpaired) electrons. The normalized spacial score (nSPS) is 11.6. The number of benzene rings is 2. The van der Waals surface area contributed by atoms with Gasteiger partial charge < -0.3 is 4.98 Å². The van der Waals surface area contributed by atoms with E-state index in [1.165, 1.54) is 12.3 Å². The molecule has 0 unspecified atom stereocenters. The highest BCUT2D eigenvalue weighted by Gasteiger charge is 2.23. The average Bonchev–Trinajstić information content (AvgIpc) is 3.19. The molecule has 10 heteroatoms. The number of ketones is 1. The van der Waals surface area contributed by atoms with Crippen molar-refractivity contribution < 1.29 is 17.6 Å². The van der Waals surface area contributed by atoms with Crippen molar-refractivity contribution in [1.29, 1.82) is 0 Å². The number of sulfonamides is 1. The van der Waals surface area contributed by atoms with Crippen molar-refractivity contribution in [3.05, 3.63) is 81.8 Å². The van der Waals surface area contributed by atoms with Crippen molar-refractivity contribution in [2.75, 3.05) is 10.5 Å². The van der Waals surface area contributed by atoms with Crippen LogP contribution in [-0.4, -0.2) is 29.9 Å². The van der Waals surface area contributed by atoms with Crippen LogP contribution in [0.4, 0.5) is 10.1 Å². The summed E-state index contributed by atoms with van der Waals surface area (Å²) in [7, 11) is -3.78. The van der Waals surface area contributed by atoms with Crippen molar-refractivity contribution in [3.8, 4) is 11.1 Å². The number of rotatable bonds is 7. The largest absolute Gasteiger partial charge is 0.345 e. The number of hydrogen-bond donors (Lipinski definition) is 2. The number of nitrogens with zero attached hydrogens (tertiary/aromatic N) is 1. The Bertz CT molecular complexity index is 1470. The van der Waals surface area contributed by atoms with Crippen LogP contribution >= 0.6 is 23.2 Å². The van der Waals surface area contributed by atoms with Crippen LogP contribution in [0.3, 0.4) is 0 Å². The molecule has 0 spiro atoms. The fourth-order valence-corrected chi connectivity index (χ4v) is 4.92. The molecular formula is C23H18Cl2FN3O3S. The van der Waals surface area contributed by atoms with Gasteiger partial charge in [-0.1, -0.05) is 42.3 Å². The second-order valence-corrected chi connectivity index (χ2v) is 10.1. The Morgan fingerprint density at radius 2 is 1.79 bits per heavy atom. The standard InChI is InChI=1S/C23H18Cl2FN3O3S/c1-2-7-33(31,32)29-20-10-16(25)9-18(21(20)26)22(30)19-12-28-23-17(19)8-14(11-27-23)13-3-5-15(24)6-4-13/h3-6,8-12,29H,2,7H2,1H3,(H,27,28). The first kappa shape index (κ1) is 23.2. The number of aromatic amines is 1. The van der Waals surface area contributed by atoms with Crippen molar-refractivity contribution >= 4 is 55.7 Å². The summed E-state index contributed by atoms with van der Waals surface area (Å²) in [5.41, 5.74) is 1.48. The number of fused-ring (bicyclic) bond motifs is 1. The summed E-state index contributed by atoms with van der Waals surface area (Å²) in [6.45, 7) is 1.69. The minimum absolute atomic E-state index is 0.0220. The molecule has 6 nitrogen and oxygen atoms in total. The number of carbonyl (C=O) groups excluding carboxylic acids is 1. The molecule has 4 aromatic rings. The number of carbonyl (C=O) groups is 1. The van der Waals surface area contributed by atoms with Crippen LogP contribution in [0.25, 0.3) is 22.2 Å². The lowest BCUT2D eigenvalue weighted by Gasteiger charge is -2.11. The van der Waals surface area contributed by atoms with E-state index in [-0.39, 0.29) is 27.6 Å². The maximum absolute atomic E-state index is 15.2. The van der Waals surface area contributed by atoms with Crippen LogP contribution in [0.5, 0.6) is 0 Å². The molecule has 2 aromatic heterocycles. The smallest absolute Gasteiger partial charge is 0.232 e. The van der Waals surface area contributed by atoms with E-state index in [0.717, 1.165) is 17.2 Å². The Kier molecular flexibility index (Phi) is 6.43. The van der Waals surface area contributed by atoms with Crippen LogP contribution in [0.1, 0.15) is 29.3 Å². The van der Waals surface area contributed by atoms with Crippen molar-refractivity contribution in [1.82, 2.24) is 9.97 Å². The van der Waals surface area contributed by atoms with Gasteiger partial charge in [-0.05, 0) is 42.3 Å². The molecule has 33 heavy (non-hydrogen) atoms. The van der Waals surface area contributed by atoms with E-state index in [0.29, 0.717) is 22.5 Å². The molecule has 0 aliphatic carbocycles. The Morgan fingerprint density at radius 3 is 2.48 bits per heavy atom. The molecule has 4 rings (SSSR count). The van der Waals surface area contributed by atoms with E-state index >= 15 is 4.39 Å². The molecule has 0 saturated carbocycles. The third-order valence-electron chi connectivity index (χ3n) is 4.97. The summed E-state index contributed by atoms with van der Waals surface area (Å²) in [5, 5.41) is 1.10. The lowest BCUT2D eigenvalue weighted by atomic mass is 10.0. The number of pyridine rings is 1. The number of aromatic nitrogens is 2. The zero-order chi connectivity index (χ0) is 23.8. The second kappa shape index (κ2) is 9.13. The summed E-state index contributed by atoms with van der Waals surface area (Å²) in [6.07, 6.45) is 3.44. The fraction of sp³-hybridized carbons (Fsp3) is 0.130.